The van der Waals surface area contributed by atoms with Gasteiger partial charge >= 0.3 is 5.97 Å². The lowest BCUT2D eigenvalue weighted by Gasteiger charge is -2.17. The third-order valence-corrected chi connectivity index (χ3v) is 4.04. The molecular formula is C22H27FO6. The van der Waals surface area contributed by atoms with Crippen molar-refractivity contribution in [1.29, 1.82) is 0 Å². The maximum Gasteiger partial charge on any atom is 0.333 e. The minimum absolute atomic E-state index is 0.00448. The van der Waals surface area contributed by atoms with E-state index in [1.807, 2.05) is 0 Å². The van der Waals surface area contributed by atoms with E-state index < -0.39 is 18.2 Å². The van der Waals surface area contributed by atoms with Crippen LogP contribution in [-0.4, -0.2) is 47.7 Å². The van der Waals surface area contributed by atoms with Gasteiger partial charge in [0.1, 0.15) is 36.6 Å². The molecule has 2 atom stereocenters. The Morgan fingerprint density at radius 3 is 2.48 bits per heavy atom. The molecule has 0 aliphatic rings. The number of halogens is 1. The Hall–Kier alpha value is -2.64. The number of carboxylic acids is 1. The number of carbonyl (C=O) groups is 1. The molecule has 0 saturated heterocycles. The van der Waals surface area contributed by atoms with Crippen LogP contribution >= 0.6 is 0 Å². The molecule has 0 amide bonds. The first-order valence-corrected chi connectivity index (χ1v) is 9.41. The lowest BCUT2D eigenvalue weighted by Crippen LogP contribution is -2.29. The Morgan fingerprint density at radius 2 is 1.83 bits per heavy atom. The van der Waals surface area contributed by atoms with Gasteiger partial charge in [-0.15, -0.1) is 0 Å². The third kappa shape index (κ3) is 7.71. The minimum Gasteiger partial charge on any atom is -0.491 e. The number of aliphatic hydroxyl groups excluding tert-OH is 1. The fourth-order valence-corrected chi connectivity index (χ4v) is 2.70. The Morgan fingerprint density at radius 1 is 1.10 bits per heavy atom. The molecule has 0 spiro atoms. The normalized spacial score (nSPS) is 13.2. The van der Waals surface area contributed by atoms with Crippen molar-refractivity contribution in [2.24, 2.45) is 0 Å². The summed E-state index contributed by atoms with van der Waals surface area (Å²) in [5.41, 5.74) is 1.39. The quantitative estimate of drug-likeness (QED) is 0.595. The van der Waals surface area contributed by atoms with Crippen molar-refractivity contribution in [2.45, 2.75) is 45.5 Å². The number of aryl methyl sites for hydroxylation is 1. The van der Waals surface area contributed by atoms with Crippen molar-refractivity contribution in [3.05, 3.63) is 59.4 Å². The van der Waals surface area contributed by atoms with Crippen molar-refractivity contribution in [3.8, 4) is 11.5 Å². The van der Waals surface area contributed by atoms with Gasteiger partial charge in [0.25, 0.3) is 0 Å². The molecule has 2 rings (SSSR count). The molecule has 29 heavy (non-hydrogen) atoms. The van der Waals surface area contributed by atoms with Crippen molar-refractivity contribution in [1.82, 2.24) is 0 Å². The van der Waals surface area contributed by atoms with Gasteiger partial charge in [-0.05, 0) is 62.2 Å². The zero-order valence-corrected chi connectivity index (χ0v) is 16.8. The van der Waals surface area contributed by atoms with Gasteiger partial charge in [-0.25, -0.2) is 9.18 Å². The first kappa shape index (κ1) is 22.6. The van der Waals surface area contributed by atoms with E-state index in [1.165, 1.54) is 18.2 Å². The van der Waals surface area contributed by atoms with Crippen LogP contribution < -0.4 is 9.47 Å². The summed E-state index contributed by atoms with van der Waals surface area (Å²) in [7, 11) is 0. The first-order chi connectivity index (χ1) is 13.7. The number of rotatable bonds is 11. The average molecular weight is 406 g/mol. The molecule has 0 aliphatic heterocycles. The molecule has 0 aromatic heterocycles. The fourth-order valence-electron chi connectivity index (χ4n) is 2.70. The van der Waals surface area contributed by atoms with Gasteiger partial charge in [0, 0.05) is 6.42 Å². The molecule has 0 saturated carbocycles. The molecule has 0 fully saturated rings. The smallest absolute Gasteiger partial charge is 0.333 e. The second kappa shape index (κ2) is 10.8. The van der Waals surface area contributed by atoms with Gasteiger partial charge < -0.3 is 24.4 Å². The van der Waals surface area contributed by atoms with Crippen LogP contribution in [0.25, 0.3) is 0 Å². The van der Waals surface area contributed by atoms with Gasteiger partial charge in [0.05, 0.1) is 6.10 Å². The van der Waals surface area contributed by atoms with E-state index in [9.17, 15) is 19.4 Å². The highest BCUT2D eigenvalue weighted by Gasteiger charge is 2.20. The Kier molecular flexibility index (Phi) is 8.42. The predicted molar refractivity (Wildman–Crippen MR) is 106 cm³/mol. The maximum absolute atomic E-state index is 13.1. The van der Waals surface area contributed by atoms with Gasteiger partial charge in [-0.3, -0.25) is 0 Å². The molecule has 2 N–H and O–H groups in total. The number of aliphatic carboxylic acids is 1. The fraction of sp³-hybridized carbons (Fsp3) is 0.409. The number of hydrogen-bond donors (Lipinski definition) is 2. The third-order valence-electron chi connectivity index (χ3n) is 4.04. The van der Waals surface area contributed by atoms with Crippen molar-refractivity contribution in [3.63, 3.8) is 0 Å². The number of aliphatic hydroxyl groups is 1. The average Bonchev–Trinajstić information content (AvgIpc) is 2.65. The maximum atomic E-state index is 13.1. The van der Waals surface area contributed by atoms with E-state index in [1.54, 1.807) is 45.0 Å². The summed E-state index contributed by atoms with van der Waals surface area (Å²) in [4.78, 5) is 11.3. The lowest BCUT2D eigenvalue weighted by molar-refractivity contribution is -0.153. The topological polar surface area (TPSA) is 85.2 Å². The highest BCUT2D eigenvalue weighted by Crippen LogP contribution is 2.19. The summed E-state index contributed by atoms with van der Waals surface area (Å²) < 4.78 is 29.6. The van der Waals surface area contributed by atoms with Gasteiger partial charge in [-0.1, -0.05) is 12.1 Å². The number of hydrogen-bond acceptors (Lipinski definition) is 5. The zero-order valence-electron chi connectivity index (χ0n) is 16.8. The molecule has 6 nitrogen and oxygen atoms in total. The summed E-state index contributed by atoms with van der Waals surface area (Å²) >= 11 is 0. The van der Waals surface area contributed by atoms with Crippen LogP contribution in [0.3, 0.4) is 0 Å². The summed E-state index contributed by atoms with van der Waals surface area (Å²) in [6, 6.07) is 11.2. The second-order valence-corrected chi connectivity index (χ2v) is 7.05. The molecule has 0 bridgehead atoms. The highest BCUT2D eigenvalue weighted by molar-refractivity contribution is 5.72. The van der Waals surface area contributed by atoms with Crippen LogP contribution in [0.1, 0.15) is 25.0 Å². The van der Waals surface area contributed by atoms with E-state index in [-0.39, 0.29) is 31.6 Å². The molecule has 158 valence electrons. The Bertz CT molecular complexity index is 808. The van der Waals surface area contributed by atoms with Crippen molar-refractivity contribution < 1.29 is 33.6 Å². The molecular weight excluding hydrogens is 379 g/mol. The summed E-state index contributed by atoms with van der Waals surface area (Å²) in [5.74, 6) is -0.360. The van der Waals surface area contributed by atoms with Gasteiger partial charge in [-0.2, -0.15) is 0 Å². The van der Waals surface area contributed by atoms with Crippen LogP contribution in [0.4, 0.5) is 4.39 Å². The minimum atomic E-state index is -1.02. The van der Waals surface area contributed by atoms with E-state index in [4.69, 9.17) is 14.2 Å². The van der Waals surface area contributed by atoms with Crippen LogP contribution in [0.5, 0.6) is 11.5 Å². The van der Waals surface area contributed by atoms with Crippen LogP contribution in [-0.2, 0) is 16.0 Å². The number of ether oxygens (including phenoxy) is 3. The zero-order chi connectivity index (χ0) is 21.4. The molecule has 0 heterocycles. The van der Waals surface area contributed by atoms with E-state index in [0.717, 1.165) is 5.56 Å². The molecule has 0 radical (unpaired) electrons. The highest BCUT2D eigenvalue weighted by atomic mass is 19.1. The van der Waals surface area contributed by atoms with Crippen molar-refractivity contribution >= 4 is 5.97 Å². The molecule has 2 unspecified atom stereocenters. The summed E-state index contributed by atoms with van der Waals surface area (Å²) in [5, 5.41) is 19.4. The Labute approximate surface area is 169 Å². The second-order valence-electron chi connectivity index (χ2n) is 7.05. The Balaban J connectivity index is 1.87. The first-order valence-electron chi connectivity index (χ1n) is 9.41. The van der Waals surface area contributed by atoms with Gasteiger partial charge in [0.2, 0.25) is 0 Å². The van der Waals surface area contributed by atoms with E-state index in [0.29, 0.717) is 17.1 Å². The van der Waals surface area contributed by atoms with E-state index >= 15 is 0 Å². The number of carboxylic acid groups (broad SMARTS) is 1. The molecule has 0 aliphatic carbocycles. The molecule has 2 aromatic rings. The van der Waals surface area contributed by atoms with Crippen LogP contribution in [0.15, 0.2) is 42.5 Å². The summed E-state index contributed by atoms with van der Waals surface area (Å²) in [6.07, 6.45) is -1.82. The van der Waals surface area contributed by atoms with Crippen LogP contribution in [0, 0.1) is 12.7 Å². The lowest BCUT2D eigenvalue weighted by atomic mass is 10.1. The standard InChI is InChI=1S/C22H27FO6/c1-14(2)29-21(22(25)26)11-16-5-4-6-19(10-16)27-12-18(24)13-28-20-8-7-17(23)9-15(20)3/h4-10,14,18,21,24H,11-13H2,1-3H3,(H,25,26). The summed E-state index contributed by atoms with van der Waals surface area (Å²) in [6.45, 7) is 5.28. The van der Waals surface area contributed by atoms with Crippen LogP contribution in [0.2, 0.25) is 0 Å². The molecule has 7 heteroatoms. The monoisotopic (exact) mass is 406 g/mol. The SMILES string of the molecule is Cc1cc(F)ccc1OCC(O)COc1cccc(CC(OC(C)C)C(=O)O)c1. The predicted octanol–water partition coefficient (Wildman–Crippen LogP) is 3.37. The van der Waals surface area contributed by atoms with Gasteiger partial charge in [0.15, 0.2) is 6.10 Å². The van der Waals surface area contributed by atoms with Crippen molar-refractivity contribution in [2.75, 3.05) is 13.2 Å². The largest absolute Gasteiger partial charge is 0.491 e. The molecule has 2 aromatic carbocycles. The number of benzene rings is 2. The van der Waals surface area contributed by atoms with E-state index in [2.05, 4.69) is 0 Å².